The lowest BCUT2D eigenvalue weighted by molar-refractivity contribution is 0.0827. The molecule has 3 aromatic rings. The van der Waals surface area contributed by atoms with Gasteiger partial charge in [0.1, 0.15) is 11.6 Å². The maximum absolute atomic E-state index is 13.6. The zero-order valence-electron chi connectivity index (χ0n) is 16.8. The highest BCUT2D eigenvalue weighted by molar-refractivity contribution is 5.99. The van der Waals surface area contributed by atoms with Crippen molar-refractivity contribution >= 4 is 34.7 Å². The molecule has 1 aromatic carbocycles. The molecule has 0 bridgehead atoms. The lowest BCUT2D eigenvalue weighted by Gasteiger charge is -2.22. The number of halogens is 1. The van der Waals surface area contributed by atoms with Gasteiger partial charge < -0.3 is 20.9 Å². The highest BCUT2D eigenvalue weighted by atomic mass is 19.1. The molecule has 3 N–H and O–H groups in total. The Kier molecular flexibility index (Phi) is 5.91. The maximum Gasteiger partial charge on any atom is 0.253 e. The first-order valence-electron chi connectivity index (χ1n) is 8.99. The molecular formula is C21H21FN6O2. The van der Waals surface area contributed by atoms with Gasteiger partial charge in [-0.2, -0.15) is 0 Å². The van der Waals surface area contributed by atoms with Crippen LogP contribution in [-0.2, 0) is 0 Å². The van der Waals surface area contributed by atoms with E-state index in [4.69, 9.17) is 5.73 Å². The van der Waals surface area contributed by atoms with Crippen LogP contribution in [0.25, 0.3) is 0 Å². The number of nitrogens with one attached hydrogen (secondary N) is 1. The zero-order chi connectivity index (χ0) is 21.8. The number of benzene rings is 1. The number of rotatable bonds is 6. The van der Waals surface area contributed by atoms with E-state index in [-0.39, 0.29) is 11.5 Å². The average molecular weight is 408 g/mol. The smallest absolute Gasteiger partial charge is 0.253 e. The van der Waals surface area contributed by atoms with Crippen LogP contribution in [0, 0.1) is 5.82 Å². The standard InChI is InChI=1S/C21H21FN6O2/c1-27(2)21(30)13-4-6-15(7-5-13)26-19-9-18(17(12-25-19)20(23)29)28(3)16-8-14(22)10-24-11-16/h4-12H,1-3H3,(H2,23,29)(H,25,26). The van der Waals surface area contributed by atoms with Crippen LogP contribution < -0.4 is 16.0 Å². The van der Waals surface area contributed by atoms with E-state index < -0.39 is 11.7 Å². The van der Waals surface area contributed by atoms with Crippen molar-refractivity contribution < 1.29 is 14.0 Å². The first-order chi connectivity index (χ1) is 14.3. The molecule has 0 spiro atoms. The fourth-order valence-electron chi connectivity index (χ4n) is 2.81. The van der Waals surface area contributed by atoms with Crippen LogP contribution in [0.15, 0.2) is 55.0 Å². The van der Waals surface area contributed by atoms with Gasteiger partial charge in [-0.3, -0.25) is 14.6 Å². The molecule has 2 heterocycles. The molecule has 30 heavy (non-hydrogen) atoms. The Bertz CT molecular complexity index is 1090. The largest absolute Gasteiger partial charge is 0.365 e. The molecule has 0 aliphatic carbocycles. The fraction of sp³-hybridized carbons (Fsp3) is 0.143. The monoisotopic (exact) mass is 408 g/mol. The van der Waals surface area contributed by atoms with Crippen LogP contribution in [0.5, 0.6) is 0 Å². The van der Waals surface area contributed by atoms with Crippen molar-refractivity contribution in [3.05, 3.63) is 71.9 Å². The van der Waals surface area contributed by atoms with Gasteiger partial charge in [0.05, 0.1) is 29.3 Å². The van der Waals surface area contributed by atoms with Crippen molar-refractivity contribution in [3.63, 3.8) is 0 Å². The Morgan fingerprint density at radius 3 is 2.33 bits per heavy atom. The van der Waals surface area contributed by atoms with E-state index in [2.05, 4.69) is 15.3 Å². The number of nitrogens with two attached hydrogens (primary N) is 1. The molecule has 0 aliphatic rings. The predicted octanol–water partition coefficient (Wildman–Crippen LogP) is 2.93. The third-order valence-electron chi connectivity index (χ3n) is 4.40. The summed E-state index contributed by atoms with van der Waals surface area (Å²) in [5.74, 6) is -0.817. The number of primary amides is 1. The Morgan fingerprint density at radius 2 is 1.73 bits per heavy atom. The lowest BCUT2D eigenvalue weighted by Crippen LogP contribution is -2.21. The second-order valence-corrected chi connectivity index (χ2v) is 6.77. The highest BCUT2D eigenvalue weighted by Gasteiger charge is 2.16. The number of pyridine rings is 2. The molecular weight excluding hydrogens is 387 g/mol. The Balaban J connectivity index is 1.91. The summed E-state index contributed by atoms with van der Waals surface area (Å²) in [6.07, 6.45) is 3.92. The summed E-state index contributed by atoms with van der Waals surface area (Å²) < 4.78 is 13.6. The van der Waals surface area contributed by atoms with Crippen molar-refractivity contribution in [1.82, 2.24) is 14.9 Å². The van der Waals surface area contributed by atoms with Gasteiger partial charge in [0.25, 0.3) is 11.8 Å². The van der Waals surface area contributed by atoms with Crippen LogP contribution in [0.3, 0.4) is 0 Å². The summed E-state index contributed by atoms with van der Waals surface area (Å²) in [5.41, 5.74) is 7.80. The average Bonchev–Trinajstić information content (AvgIpc) is 2.73. The van der Waals surface area contributed by atoms with Gasteiger partial charge >= 0.3 is 0 Å². The van der Waals surface area contributed by atoms with Gasteiger partial charge in [0.2, 0.25) is 0 Å². The van der Waals surface area contributed by atoms with Crippen molar-refractivity contribution in [2.45, 2.75) is 0 Å². The Morgan fingerprint density at radius 1 is 1.03 bits per heavy atom. The highest BCUT2D eigenvalue weighted by Crippen LogP contribution is 2.29. The van der Waals surface area contributed by atoms with E-state index in [1.807, 2.05) is 0 Å². The summed E-state index contributed by atoms with van der Waals surface area (Å²) in [7, 11) is 5.04. The summed E-state index contributed by atoms with van der Waals surface area (Å²) in [5, 5.41) is 3.12. The van der Waals surface area contributed by atoms with E-state index in [1.165, 1.54) is 23.4 Å². The van der Waals surface area contributed by atoms with Gasteiger partial charge in [0, 0.05) is 50.7 Å². The number of hydrogen-bond acceptors (Lipinski definition) is 6. The molecule has 3 rings (SSSR count). The summed E-state index contributed by atoms with van der Waals surface area (Å²) in [6.45, 7) is 0. The van der Waals surface area contributed by atoms with Crippen molar-refractivity contribution in [3.8, 4) is 0 Å². The second kappa shape index (κ2) is 8.56. The molecule has 2 aromatic heterocycles. The molecule has 8 nitrogen and oxygen atoms in total. The normalized spacial score (nSPS) is 10.4. The minimum Gasteiger partial charge on any atom is -0.365 e. The number of amides is 2. The van der Waals surface area contributed by atoms with Gasteiger partial charge in [0.15, 0.2) is 0 Å². The van der Waals surface area contributed by atoms with Gasteiger partial charge in [-0.05, 0) is 24.3 Å². The van der Waals surface area contributed by atoms with E-state index in [0.29, 0.717) is 28.4 Å². The zero-order valence-corrected chi connectivity index (χ0v) is 16.8. The van der Waals surface area contributed by atoms with Crippen LogP contribution in [0.4, 0.5) is 27.3 Å². The molecule has 0 aliphatic heterocycles. The summed E-state index contributed by atoms with van der Waals surface area (Å²) >= 11 is 0. The third kappa shape index (κ3) is 4.52. The van der Waals surface area contributed by atoms with Crippen LogP contribution in [-0.4, -0.2) is 47.8 Å². The molecule has 0 radical (unpaired) electrons. The number of nitrogens with zero attached hydrogens (tertiary/aromatic N) is 4. The van der Waals surface area contributed by atoms with Crippen molar-refractivity contribution in [1.29, 1.82) is 0 Å². The molecule has 0 atom stereocenters. The van der Waals surface area contributed by atoms with Crippen molar-refractivity contribution in [2.24, 2.45) is 5.73 Å². The summed E-state index contributed by atoms with van der Waals surface area (Å²) in [6, 6.07) is 9.83. The van der Waals surface area contributed by atoms with Gasteiger partial charge in [-0.25, -0.2) is 9.37 Å². The van der Waals surface area contributed by atoms with Crippen LogP contribution in [0.1, 0.15) is 20.7 Å². The van der Waals surface area contributed by atoms with Crippen LogP contribution >= 0.6 is 0 Å². The first-order valence-corrected chi connectivity index (χ1v) is 8.99. The Hall–Kier alpha value is -4.01. The SMILES string of the molecule is CN(C)C(=O)c1ccc(Nc2cc(N(C)c3cncc(F)c3)c(C(N)=O)cn2)cc1. The number of anilines is 4. The third-order valence-corrected chi connectivity index (χ3v) is 4.40. The van der Waals surface area contributed by atoms with E-state index in [1.54, 1.807) is 56.4 Å². The molecule has 154 valence electrons. The number of carbonyl (C=O) groups is 2. The van der Waals surface area contributed by atoms with E-state index in [0.717, 1.165) is 6.20 Å². The fourth-order valence-corrected chi connectivity index (χ4v) is 2.81. The first kappa shape index (κ1) is 20.7. The predicted molar refractivity (Wildman–Crippen MR) is 113 cm³/mol. The molecule has 0 saturated heterocycles. The molecule has 9 heteroatoms. The molecule has 0 fully saturated rings. The molecule has 0 saturated carbocycles. The van der Waals surface area contributed by atoms with Crippen LogP contribution in [0.2, 0.25) is 0 Å². The van der Waals surface area contributed by atoms with Gasteiger partial charge in [-0.1, -0.05) is 0 Å². The second-order valence-electron chi connectivity index (χ2n) is 6.77. The minimum atomic E-state index is -0.660. The van der Waals surface area contributed by atoms with E-state index >= 15 is 0 Å². The number of carbonyl (C=O) groups excluding carboxylic acids is 2. The molecule has 0 unspecified atom stereocenters. The molecule has 2 amide bonds. The van der Waals surface area contributed by atoms with E-state index in [9.17, 15) is 14.0 Å². The van der Waals surface area contributed by atoms with Gasteiger partial charge in [-0.15, -0.1) is 0 Å². The maximum atomic E-state index is 13.6. The Labute approximate surface area is 173 Å². The number of hydrogen-bond donors (Lipinski definition) is 2. The number of aromatic nitrogens is 2. The quantitative estimate of drug-likeness (QED) is 0.650. The topological polar surface area (TPSA) is 104 Å². The minimum absolute atomic E-state index is 0.0990. The lowest BCUT2D eigenvalue weighted by atomic mass is 10.1. The summed E-state index contributed by atoms with van der Waals surface area (Å²) in [4.78, 5) is 35.0. The van der Waals surface area contributed by atoms with Crippen molar-refractivity contribution in [2.75, 3.05) is 31.4 Å².